The lowest BCUT2D eigenvalue weighted by Crippen LogP contribution is -2.07. The summed E-state index contributed by atoms with van der Waals surface area (Å²) in [4.78, 5) is 0. The fraction of sp³-hybridized carbons (Fsp3) is 0.200. The number of hydrogen-bond donors (Lipinski definition) is 1. The van der Waals surface area contributed by atoms with Crippen LogP contribution in [-0.2, 0) is 0 Å². The summed E-state index contributed by atoms with van der Waals surface area (Å²) in [6.45, 7) is 1.92. The van der Waals surface area contributed by atoms with Crippen LogP contribution < -0.4 is 10.1 Å². The molecule has 0 aliphatic carbocycles. The zero-order valence-electron chi connectivity index (χ0n) is 11.1. The van der Waals surface area contributed by atoms with Crippen molar-refractivity contribution in [2.75, 3.05) is 12.4 Å². The first-order valence-corrected chi connectivity index (χ1v) is 6.82. The van der Waals surface area contributed by atoms with Crippen molar-refractivity contribution in [1.29, 1.82) is 0 Å². The average Bonchev–Trinajstić information content (AvgIpc) is 2.44. The average molecular weight is 314 g/mol. The molecule has 0 bridgehead atoms. The first-order chi connectivity index (χ1) is 9.51. The van der Waals surface area contributed by atoms with Gasteiger partial charge in [0.25, 0.3) is 0 Å². The molecule has 0 saturated heterocycles. The summed E-state index contributed by atoms with van der Waals surface area (Å²) in [6.07, 6.45) is 0. The van der Waals surface area contributed by atoms with Crippen molar-refractivity contribution in [3.05, 3.63) is 57.8 Å². The largest absolute Gasteiger partial charge is 0.497 e. The highest BCUT2D eigenvalue weighted by atomic mass is 35.5. The second kappa shape index (κ2) is 6.33. The Balaban J connectivity index is 2.22. The first-order valence-electron chi connectivity index (χ1n) is 6.06. The van der Waals surface area contributed by atoms with E-state index < -0.39 is 5.82 Å². The van der Waals surface area contributed by atoms with Crippen LogP contribution in [0, 0.1) is 5.82 Å². The van der Waals surface area contributed by atoms with Crippen molar-refractivity contribution in [3.8, 4) is 5.75 Å². The normalized spacial score (nSPS) is 12.1. The number of halogens is 3. The van der Waals surface area contributed by atoms with Gasteiger partial charge in [-0.15, -0.1) is 0 Å². The third-order valence-electron chi connectivity index (χ3n) is 2.99. The molecule has 1 atom stereocenters. The molecule has 20 heavy (non-hydrogen) atoms. The molecule has 0 saturated carbocycles. The maximum atomic E-state index is 13.5. The Kier molecular flexibility index (Phi) is 4.73. The molecule has 0 radical (unpaired) electrons. The first kappa shape index (κ1) is 14.9. The molecule has 2 aromatic carbocycles. The molecule has 0 aliphatic heterocycles. The van der Waals surface area contributed by atoms with Crippen LogP contribution in [-0.4, -0.2) is 7.11 Å². The predicted octanol–water partition coefficient (Wildman–Crippen LogP) is 5.31. The van der Waals surface area contributed by atoms with Gasteiger partial charge in [0.1, 0.15) is 11.6 Å². The van der Waals surface area contributed by atoms with Crippen molar-refractivity contribution in [3.63, 3.8) is 0 Å². The van der Waals surface area contributed by atoms with Crippen LogP contribution in [0.1, 0.15) is 18.5 Å². The van der Waals surface area contributed by atoms with Crippen LogP contribution in [0.15, 0.2) is 36.4 Å². The lowest BCUT2D eigenvalue weighted by atomic mass is 10.1. The van der Waals surface area contributed by atoms with E-state index in [-0.39, 0.29) is 11.1 Å². The third-order valence-corrected chi connectivity index (χ3v) is 3.63. The Bertz CT molecular complexity index is 619. The molecular formula is C15H14Cl2FNO. The van der Waals surface area contributed by atoms with Gasteiger partial charge in [0.15, 0.2) is 0 Å². The summed E-state index contributed by atoms with van der Waals surface area (Å²) in [7, 11) is 1.59. The van der Waals surface area contributed by atoms with Gasteiger partial charge in [0.2, 0.25) is 0 Å². The van der Waals surface area contributed by atoms with Gasteiger partial charge in [0, 0.05) is 12.1 Å². The molecule has 0 heterocycles. The highest BCUT2D eigenvalue weighted by Gasteiger charge is 2.11. The van der Waals surface area contributed by atoms with Crippen LogP contribution in [0.5, 0.6) is 5.75 Å². The SMILES string of the molecule is COc1ccc(Cl)c(NC(C)c2ccc(Cl)c(F)c2)c1. The smallest absolute Gasteiger partial charge is 0.142 e. The lowest BCUT2D eigenvalue weighted by molar-refractivity contribution is 0.415. The lowest BCUT2D eigenvalue weighted by Gasteiger charge is -2.17. The van der Waals surface area contributed by atoms with Crippen molar-refractivity contribution >= 4 is 28.9 Å². The number of hydrogen-bond acceptors (Lipinski definition) is 2. The number of ether oxygens (including phenoxy) is 1. The Labute approximate surface area is 127 Å². The topological polar surface area (TPSA) is 21.3 Å². The van der Waals surface area contributed by atoms with Crippen molar-refractivity contribution in [2.45, 2.75) is 13.0 Å². The molecular weight excluding hydrogens is 300 g/mol. The molecule has 2 rings (SSSR count). The Morgan fingerprint density at radius 1 is 1.10 bits per heavy atom. The zero-order chi connectivity index (χ0) is 14.7. The van der Waals surface area contributed by atoms with Crippen molar-refractivity contribution in [1.82, 2.24) is 0 Å². The van der Waals surface area contributed by atoms with Gasteiger partial charge in [0.05, 0.1) is 22.8 Å². The minimum atomic E-state index is -0.436. The third kappa shape index (κ3) is 3.35. The molecule has 5 heteroatoms. The molecule has 0 aromatic heterocycles. The number of benzene rings is 2. The summed E-state index contributed by atoms with van der Waals surface area (Å²) in [5.74, 6) is 0.265. The van der Waals surface area contributed by atoms with Gasteiger partial charge >= 0.3 is 0 Å². The second-order valence-corrected chi connectivity index (χ2v) is 5.20. The molecule has 2 nitrogen and oxygen atoms in total. The van der Waals surface area contributed by atoms with Gasteiger partial charge in [-0.3, -0.25) is 0 Å². The van der Waals surface area contributed by atoms with E-state index in [1.54, 1.807) is 31.4 Å². The van der Waals surface area contributed by atoms with E-state index in [0.29, 0.717) is 10.8 Å². The van der Waals surface area contributed by atoms with Crippen molar-refractivity contribution < 1.29 is 9.13 Å². The molecule has 0 spiro atoms. The molecule has 0 amide bonds. The predicted molar refractivity (Wildman–Crippen MR) is 81.5 cm³/mol. The van der Waals surface area contributed by atoms with E-state index in [1.807, 2.05) is 6.92 Å². The highest BCUT2D eigenvalue weighted by Crippen LogP contribution is 2.30. The van der Waals surface area contributed by atoms with E-state index in [4.69, 9.17) is 27.9 Å². The van der Waals surface area contributed by atoms with Gasteiger partial charge < -0.3 is 10.1 Å². The van der Waals surface area contributed by atoms with Gasteiger partial charge in [-0.2, -0.15) is 0 Å². The number of anilines is 1. The quantitative estimate of drug-likeness (QED) is 0.825. The van der Waals surface area contributed by atoms with Gasteiger partial charge in [-0.05, 0) is 36.8 Å². The van der Waals surface area contributed by atoms with Crippen molar-refractivity contribution in [2.24, 2.45) is 0 Å². The van der Waals surface area contributed by atoms with Crippen LogP contribution in [0.25, 0.3) is 0 Å². The summed E-state index contributed by atoms with van der Waals surface area (Å²) < 4.78 is 18.6. The van der Waals surface area contributed by atoms with Crippen LogP contribution in [0.2, 0.25) is 10.0 Å². The van der Waals surface area contributed by atoms with Crippen LogP contribution in [0.4, 0.5) is 10.1 Å². The molecule has 2 aromatic rings. The van der Waals surface area contributed by atoms with E-state index in [9.17, 15) is 4.39 Å². The monoisotopic (exact) mass is 313 g/mol. The van der Waals surface area contributed by atoms with Crippen LogP contribution >= 0.6 is 23.2 Å². The van der Waals surface area contributed by atoms with Crippen LogP contribution in [0.3, 0.4) is 0 Å². The van der Waals surface area contributed by atoms with Gasteiger partial charge in [-0.25, -0.2) is 4.39 Å². The molecule has 0 fully saturated rings. The van der Waals surface area contributed by atoms with E-state index >= 15 is 0 Å². The fourth-order valence-corrected chi connectivity index (χ4v) is 2.13. The summed E-state index contributed by atoms with van der Waals surface area (Å²) >= 11 is 11.8. The summed E-state index contributed by atoms with van der Waals surface area (Å²) in [5, 5.41) is 3.91. The molecule has 106 valence electrons. The highest BCUT2D eigenvalue weighted by molar-refractivity contribution is 6.33. The zero-order valence-corrected chi connectivity index (χ0v) is 12.6. The Hall–Kier alpha value is -1.45. The minimum absolute atomic E-state index is 0.111. The van der Waals surface area contributed by atoms with E-state index in [0.717, 1.165) is 11.3 Å². The fourth-order valence-electron chi connectivity index (χ4n) is 1.84. The number of nitrogens with one attached hydrogen (secondary N) is 1. The summed E-state index contributed by atoms with van der Waals surface area (Å²) in [6, 6.07) is 9.93. The van der Waals surface area contributed by atoms with Gasteiger partial charge in [-0.1, -0.05) is 29.3 Å². The summed E-state index contributed by atoms with van der Waals surface area (Å²) in [5.41, 5.74) is 1.51. The molecule has 1 unspecified atom stereocenters. The minimum Gasteiger partial charge on any atom is -0.497 e. The maximum Gasteiger partial charge on any atom is 0.142 e. The Morgan fingerprint density at radius 3 is 2.45 bits per heavy atom. The number of rotatable bonds is 4. The standard InChI is InChI=1S/C15H14Cl2FNO/c1-9(10-3-5-12(16)14(18)7-10)19-15-8-11(20-2)4-6-13(15)17/h3-9,19H,1-2H3. The Morgan fingerprint density at radius 2 is 1.80 bits per heavy atom. The van der Waals surface area contributed by atoms with E-state index in [1.165, 1.54) is 12.1 Å². The second-order valence-electron chi connectivity index (χ2n) is 4.39. The maximum absolute atomic E-state index is 13.5. The number of methoxy groups -OCH3 is 1. The molecule has 1 N–H and O–H groups in total. The van der Waals surface area contributed by atoms with E-state index in [2.05, 4.69) is 5.32 Å². The molecule has 0 aliphatic rings.